The molecule has 0 radical (unpaired) electrons. The fourth-order valence-corrected chi connectivity index (χ4v) is 2.84. The van der Waals surface area contributed by atoms with E-state index in [-0.39, 0.29) is 5.91 Å². The molecule has 0 saturated heterocycles. The minimum absolute atomic E-state index is 0.0421. The Morgan fingerprint density at radius 1 is 1.28 bits per heavy atom. The number of aromatic nitrogens is 2. The molecule has 2 N–H and O–H groups in total. The second kappa shape index (κ2) is 6.81. The summed E-state index contributed by atoms with van der Waals surface area (Å²) < 4.78 is 2.12. The van der Waals surface area contributed by atoms with Gasteiger partial charge in [0, 0.05) is 37.6 Å². The fraction of sp³-hybridized carbons (Fsp3) is 0.200. The van der Waals surface area contributed by atoms with Crippen molar-refractivity contribution < 1.29 is 4.79 Å². The van der Waals surface area contributed by atoms with Crippen molar-refractivity contribution in [2.45, 2.75) is 13.5 Å². The van der Waals surface area contributed by atoms with Crippen LogP contribution in [0.25, 0.3) is 16.5 Å². The van der Waals surface area contributed by atoms with Gasteiger partial charge >= 0.3 is 0 Å². The lowest BCUT2D eigenvalue weighted by Gasteiger charge is -2.16. The van der Waals surface area contributed by atoms with Crippen LogP contribution in [0.1, 0.15) is 18.2 Å². The number of hydrogen-bond donors (Lipinski definition) is 1. The first-order valence-electron chi connectivity index (χ1n) is 8.14. The molecular weight excluding hydrogens is 312 g/mol. The number of fused-ring (bicyclic) bond motifs is 1. The number of rotatable bonds is 4. The SMILES string of the molecule is C/C(=C/C(=O)N(C)Cc1cc2ccccc2n1C)c1ccc(N)nc1. The van der Waals surface area contributed by atoms with Crippen LogP contribution in [0.2, 0.25) is 0 Å². The Hall–Kier alpha value is -3.08. The predicted octanol–water partition coefficient (Wildman–Crippen LogP) is 3.22. The Morgan fingerprint density at radius 2 is 2.04 bits per heavy atom. The number of carbonyl (C=O) groups excluding carboxylic acids is 1. The number of carbonyl (C=O) groups is 1. The number of hydrogen-bond acceptors (Lipinski definition) is 3. The van der Waals surface area contributed by atoms with E-state index in [2.05, 4.69) is 27.8 Å². The first-order chi connectivity index (χ1) is 12.0. The average molecular weight is 334 g/mol. The molecule has 0 aliphatic rings. The van der Waals surface area contributed by atoms with Crippen LogP contribution in [-0.2, 0) is 18.4 Å². The van der Waals surface area contributed by atoms with E-state index < -0.39 is 0 Å². The quantitative estimate of drug-likeness (QED) is 0.745. The van der Waals surface area contributed by atoms with Gasteiger partial charge in [-0.1, -0.05) is 18.2 Å². The molecule has 2 heterocycles. The van der Waals surface area contributed by atoms with Gasteiger partial charge in [-0.25, -0.2) is 4.98 Å². The number of nitrogen functional groups attached to an aromatic ring is 1. The summed E-state index contributed by atoms with van der Waals surface area (Å²) in [5.74, 6) is 0.426. The number of nitrogens with zero attached hydrogens (tertiary/aromatic N) is 3. The van der Waals surface area contributed by atoms with Gasteiger partial charge in [-0.15, -0.1) is 0 Å². The van der Waals surface area contributed by atoms with Crippen molar-refractivity contribution in [1.82, 2.24) is 14.5 Å². The number of nitrogens with two attached hydrogens (primary N) is 1. The zero-order valence-electron chi connectivity index (χ0n) is 14.7. The predicted molar refractivity (Wildman–Crippen MR) is 102 cm³/mol. The summed E-state index contributed by atoms with van der Waals surface area (Å²) in [6.45, 7) is 2.45. The third-order valence-corrected chi connectivity index (χ3v) is 4.41. The molecule has 2 aromatic heterocycles. The minimum atomic E-state index is -0.0421. The van der Waals surface area contributed by atoms with Crippen LogP contribution in [0, 0.1) is 0 Å². The zero-order chi connectivity index (χ0) is 18.0. The number of para-hydroxylation sites is 1. The lowest BCUT2D eigenvalue weighted by Crippen LogP contribution is -2.25. The van der Waals surface area contributed by atoms with E-state index in [0.717, 1.165) is 22.3 Å². The first-order valence-corrected chi connectivity index (χ1v) is 8.14. The average Bonchev–Trinajstić information content (AvgIpc) is 2.91. The molecule has 0 spiro atoms. The Kier molecular flexibility index (Phi) is 4.57. The highest BCUT2D eigenvalue weighted by molar-refractivity contribution is 5.94. The highest BCUT2D eigenvalue weighted by Crippen LogP contribution is 2.20. The first kappa shape index (κ1) is 16.8. The van der Waals surface area contributed by atoms with E-state index in [9.17, 15) is 4.79 Å². The van der Waals surface area contributed by atoms with Crippen LogP contribution >= 0.6 is 0 Å². The summed E-state index contributed by atoms with van der Waals surface area (Å²) in [4.78, 5) is 18.3. The van der Waals surface area contributed by atoms with Crippen LogP contribution in [0.3, 0.4) is 0 Å². The number of amides is 1. The van der Waals surface area contributed by atoms with Crippen molar-refractivity contribution in [1.29, 1.82) is 0 Å². The summed E-state index contributed by atoms with van der Waals surface area (Å²) in [5.41, 5.74) is 9.61. The van der Waals surface area contributed by atoms with Gasteiger partial charge in [0.15, 0.2) is 0 Å². The molecule has 0 saturated carbocycles. The van der Waals surface area contributed by atoms with E-state index in [0.29, 0.717) is 12.4 Å². The van der Waals surface area contributed by atoms with Crippen LogP contribution in [-0.4, -0.2) is 27.4 Å². The smallest absolute Gasteiger partial charge is 0.246 e. The molecule has 0 unspecified atom stereocenters. The minimum Gasteiger partial charge on any atom is -0.384 e. The Balaban J connectivity index is 1.76. The number of aryl methyl sites for hydroxylation is 1. The molecule has 0 atom stereocenters. The lowest BCUT2D eigenvalue weighted by atomic mass is 10.1. The van der Waals surface area contributed by atoms with E-state index in [4.69, 9.17) is 5.73 Å². The molecular formula is C20H22N4O. The topological polar surface area (TPSA) is 64.2 Å². The Morgan fingerprint density at radius 3 is 2.72 bits per heavy atom. The summed E-state index contributed by atoms with van der Waals surface area (Å²) in [6.07, 6.45) is 3.31. The normalized spacial score (nSPS) is 11.7. The highest BCUT2D eigenvalue weighted by Gasteiger charge is 2.12. The third-order valence-electron chi connectivity index (χ3n) is 4.41. The number of pyridine rings is 1. The Bertz CT molecular complexity index is 938. The molecule has 128 valence electrons. The molecule has 3 rings (SSSR count). The van der Waals surface area contributed by atoms with Gasteiger partial charge in [-0.2, -0.15) is 0 Å². The number of allylic oxidation sites excluding steroid dienone is 1. The van der Waals surface area contributed by atoms with Crippen molar-refractivity contribution in [3.63, 3.8) is 0 Å². The van der Waals surface area contributed by atoms with Gasteiger partial charge in [0.25, 0.3) is 0 Å². The highest BCUT2D eigenvalue weighted by atomic mass is 16.2. The van der Waals surface area contributed by atoms with Gasteiger partial charge < -0.3 is 15.2 Å². The molecule has 0 aliphatic heterocycles. The Labute approximate surface area is 147 Å². The molecule has 25 heavy (non-hydrogen) atoms. The summed E-state index contributed by atoms with van der Waals surface area (Å²) >= 11 is 0. The number of likely N-dealkylation sites (N-methyl/N-ethyl adjacent to an activating group) is 1. The zero-order valence-corrected chi connectivity index (χ0v) is 14.7. The molecule has 0 bridgehead atoms. The van der Waals surface area contributed by atoms with Crippen molar-refractivity contribution in [3.8, 4) is 0 Å². The maximum absolute atomic E-state index is 12.5. The van der Waals surface area contributed by atoms with Crippen LogP contribution in [0.4, 0.5) is 5.82 Å². The molecule has 0 fully saturated rings. The van der Waals surface area contributed by atoms with Crippen molar-refractivity contribution >= 4 is 28.2 Å². The monoisotopic (exact) mass is 334 g/mol. The fourth-order valence-electron chi connectivity index (χ4n) is 2.84. The van der Waals surface area contributed by atoms with E-state index in [1.807, 2.05) is 39.2 Å². The third kappa shape index (κ3) is 3.55. The largest absolute Gasteiger partial charge is 0.384 e. The summed E-state index contributed by atoms with van der Waals surface area (Å²) in [7, 11) is 3.84. The van der Waals surface area contributed by atoms with Gasteiger partial charge in [-0.05, 0) is 47.7 Å². The molecule has 5 heteroatoms. The summed E-state index contributed by atoms with van der Waals surface area (Å²) in [6, 6.07) is 13.9. The second-order valence-electron chi connectivity index (χ2n) is 6.25. The molecule has 1 aromatic carbocycles. The van der Waals surface area contributed by atoms with Gasteiger partial charge in [0.2, 0.25) is 5.91 Å². The van der Waals surface area contributed by atoms with Crippen LogP contribution < -0.4 is 5.73 Å². The second-order valence-corrected chi connectivity index (χ2v) is 6.25. The maximum atomic E-state index is 12.5. The van der Waals surface area contributed by atoms with Crippen molar-refractivity contribution in [2.24, 2.45) is 7.05 Å². The van der Waals surface area contributed by atoms with E-state index in [1.165, 1.54) is 5.39 Å². The van der Waals surface area contributed by atoms with Crippen LogP contribution in [0.15, 0.2) is 54.7 Å². The maximum Gasteiger partial charge on any atom is 0.246 e. The molecule has 1 amide bonds. The van der Waals surface area contributed by atoms with Gasteiger partial charge in [0.05, 0.1) is 6.54 Å². The van der Waals surface area contributed by atoms with Crippen molar-refractivity contribution in [3.05, 3.63) is 66.0 Å². The number of benzene rings is 1. The van der Waals surface area contributed by atoms with Gasteiger partial charge in [-0.3, -0.25) is 4.79 Å². The standard InChI is InChI=1S/C20H22N4O/c1-14(16-8-9-19(21)22-12-16)10-20(25)23(2)13-17-11-15-6-4-5-7-18(15)24(17)3/h4-12H,13H2,1-3H3,(H2,21,22)/b14-10-. The van der Waals surface area contributed by atoms with E-state index in [1.54, 1.807) is 23.2 Å². The summed E-state index contributed by atoms with van der Waals surface area (Å²) in [5, 5.41) is 1.18. The van der Waals surface area contributed by atoms with Gasteiger partial charge in [0.1, 0.15) is 5.82 Å². The molecule has 0 aliphatic carbocycles. The van der Waals surface area contributed by atoms with E-state index >= 15 is 0 Å². The van der Waals surface area contributed by atoms with Crippen molar-refractivity contribution in [2.75, 3.05) is 12.8 Å². The lowest BCUT2D eigenvalue weighted by molar-refractivity contribution is -0.125. The molecule has 3 aromatic rings. The molecule has 5 nitrogen and oxygen atoms in total. The number of anilines is 1. The van der Waals surface area contributed by atoms with Crippen LogP contribution in [0.5, 0.6) is 0 Å².